The second-order valence-electron chi connectivity index (χ2n) is 4.07. The van der Waals surface area contributed by atoms with E-state index in [4.69, 9.17) is 0 Å². The van der Waals surface area contributed by atoms with Crippen LogP contribution < -0.4 is 5.32 Å². The van der Waals surface area contributed by atoms with E-state index in [1.807, 2.05) is 25.4 Å². The second-order valence-corrected chi connectivity index (χ2v) is 5.19. The molecular weight excluding hydrogens is 232 g/mol. The maximum absolute atomic E-state index is 9.23. The van der Waals surface area contributed by atoms with Gasteiger partial charge in [0.25, 0.3) is 0 Å². The zero-order valence-corrected chi connectivity index (χ0v) is 10.8. The summed E-state index contributed by atoms with van der Waals surface area (Å²) < 4.78 is 0. The van der Waals surface area contributed by atoms with Crippen molar-refractivity contribution < 1.29 is 5.11 Å². The summed E-state index contributed by atoms with van der Waals surface area (Å²) in [5.74, 6) is 0.286. The molecule has 0 aliphatic rings. The Morgan fingerprint density at radius 2 is 2.06 bits per heavy atom. The van der Waals surface area contributed by atoms with Gasteiger partial charge in [0.05, 0.1) is 0 Å². The average Bonchev–Trinajstić information content (AvgIpc) is 2.78. The lowest BCUT2D eigenvalue weighted by Crippen LogP contribution is -2.22. The molecule has 0 aliphatic carbocycles. The van der Waals surface area contributed by atoms with Gasteiger partial charge in [0.15, 0.2) is 0 Å². The molecule has 1 aromatic carbocycles. The third kappa shape index (κ3) is 3.05. The largest absolute Gasteiger partial charge is 0.508 e. The van der Waals surface area contributed by atoms with E-state index in [1.54, 1.807) is 23.5 Å². The van der Waals surface area contributed by atoms with Crippen molar-refractivity contribution in [3.8, 4) is 16.3 Å². The Bertz CT molecular complexity index is 478. The van der Waals surface area contributed by atoms with Crippen LogP contribution in [-0.4, -0.2) is 23.2 Å². The van der Waals surface area contributed by atoms with Gasteiger partial charge in [0.1, 0.15) is 10.8 Å². The highest BCUT2D eigenvalue weighted by Crippen LogP contribution is 2.27. The summed E-state index contributed by atoms with van der Waals surface area (Å²) in [4.78, 5) is 5.69. The molecule has 0 radical (unpaired) electrons. The molecule has 0 amide bonds. The van der Waals surface area contributed by atoms with E-state index in [-0.39, 0.29) is 5.75 Å². The third-order valence-corrected chi connectivity index (χ3v) is 3.74. The predicted octanol–water partition coefficient (Wildman–Crippen LogP) is 2.67. The third-order valence-electron chi connectivity index (χ3n) is 2.67. The van der Waals surface area contributed by atoms with Gasteiger partial charge in [0.2, 0.25) is 0 Å². The monoisotopic (exact) mass is 248 g/mol. The lowest BCUT2D eigenvalue weighted by Gasteiger charge is -2.06. The summed E-state index contributed by atoms with van der Waals surface area (Å²) in [6, 6.07) is 7.61. The first-order chi connectivity index (χ1) is 8.19. The maximum atomic E-state index is 9.23. The normalized spacial score (nSPS) is 12.6. The first kappa shape index (κ1) is 12.1. The van der Waals surface area contributed by atoms with Crippen molar-refractivity contribution >= 4 is 11.3 Å². The van der Waals surface area contributed by atoms with E-state index in [9.17, 15) is 5.11 Å². The van der Waals surface area contributed by atoms with Crippen LogP contribution in [0, 0.1) is 0 Å². The van der Waals surface area contributed by atoms with E-state index >= 15 is 0 Å². The maximum Gasteiger partial charge on any atom is 0.123 e. The molecule has 90 valence electrons. The van der Waals surface area contributed by atoms with Gasteiger partial charge in [-0.2, -0.15) is 0 Å². The number of rotatable bonds is 4. The minimum Gasteiger partial charge on any atom is -0.508 e. The van der Waals surface area contributed by atoms with E-state index < -0.39 is 0 Å². The number of benzene rings is 1. The van der Waals surface area contributed by atoms with Crippen LogP contribution in [-0.2, 0) is 6.42 Å². The average molecular weight is 248 g/mol. The molecule has 1 unspecified atom stereocenters. The molecule has 2 aromatic rings. The zero-order chi connectivity index (χ0) is 12.3. The minimum atomic E-state index is 0.286. The topological polar surface area (TPSA) is 45.2 Å². The molecule has 0 spiro atoms. The second kappa shape index (κ2) is 5.29. The van der Waals surface area contributed by atoms with Crippen LogP contribution >= 0.6 is 11.3 Å². The Labute approximate surface area is 105 Å². The van der Waals surface area contributed by atoms with Crippen molar-refractivity contribution in [3.63, 3.8) is 0 Å². The van der Waals surface area contributed by atoms with Crippen molar-refractivity contribution in [1.82, 2.24) is 10.3 Å². The molecule has 1 heterocycles. The number of phenolic OH excluding ortho intramolecular Hbond substituents is 1. The SMILES string of the molecule is CNC(C)Cc1cnc(-c2ccc(O)cc2)s1. The van der Waals surface area contributed by atoms with Gasteiger partial charge >= 0.3 is 0 Å². The molecule has 17 heavy (non-hydrogen) atoms. The van der Waals surface area contributed by atoms with Crippen LogP contribution in [0.5, 0.6) is 5.75 Å². The number of nitrogens with one attached hydrogen (secondary N) is 1. The van der Waals surface area contributed by atoms with Crippen molar-refractivity contribution in [1.29, 1.82) is 0 Å². The number of aromatic hydroxyl groups is 1. The van der Waals surface area contributed by atoms with Crippen LogP contribution in [0.2, 0.25) is 0 Å². The summed E-state index contributed by atoms with van der Waals surface area (Å²) in [5, 5.41) is 13.5. The Kier molecular flexibility index (Phi) is 3.76. The molecule has 0 saturated heterocycles. The van der Waals surface area contributed by atoms with Crippen LogP contribution in [0.15, 0.2) is 30.5 Å². The van der Waals surface area contributed by atoms with Crippen molar-refractivity contribution in [2.75, 3.05) is 7.05 Å². The minimum absolute atomic E-state index is 0.286. The summed E-state index contributed by atoms with van der Waals surface area (Å²) in [6.07, 6.45) is 2.92. The number of hydrogen-bond acceptors (Lipinski definition) is 4. The molecule has 2 rings (SSSR count). The Morgan fingerprint density at radius 1 is 1.35 bits per heavy atom. The summed E-state index contributed by atoms with van der Waals surface area (Å²) in [6.45, 7) is 2.15. The fourth-order valence-electron chi connectivity index (χ4n) is 1.54. The van der Waals surface area contributed by atoms with Gasteiger partial charge in [-0.1, -0.05) is 0 Å². The summed E-state index contributed by atoms with van der Waals surface area (Å²) in [5.41, 5.74) is 1.05. The van der Waals surface area contributed by atoms with Crippen molar-refractivity contribution in [3.05, 3.63) is 35.3 Å². The number of likely N-dealkylation sites (N-methyl/N-ethyl adjacent to an activating group) is 1. The number of aromatic nitrogens is 1. The quantitative estimate of drug-likeness (QED) is 0.874. The van der Waals surface area contributed by atoms with E-state index in [0.29, 0.717) is 6.04 Å². The Morgan fingerprint density at radius 3 is 2.71 bits per heavy atom. The molecule has 1 aromatic heterocycles. The lowest BCUT2D eigenvalue weighted by atomic mass is 10.2. The van der Waals surface area contributed by atoms with Gasteiger partial charge in [-0.25, -0.2) is 4.98 Å². The first-order valence-electron chi connectivity index (χ1n) is 5.60. The highest BCUT2D eigenvalue weighted by atomic mass is 32.1. The summed E-state index contributed by atoms with van der Waals surface area (Å²) in [7, 11) is 1.96. The molecular formula is C13H16N2OS. The van der Waals surface area contributed by atoms with Crippen LogP contribution in [0.25, 0.3) is 10.6 Å². The predicted molar refractivity (Wildman–Crippen MR) is 71.4 cm³/mol. The van der Waals surface area contributed by atoms with Crippen molar-refractivity contribution in [2.45, 2.75) is 19.4 Å². The smallest absolute Gasteiger partial charge is 0.123 e. The fraction of sp³-hybridized carbons (Fsp3) is 0.308. The molecule has 0 saturated carbocycles. The molecule has 0 bridgehead atoms. The zero-order valence-electron chi connectivity index (χ0n) is 9.97. The lowest BCUT2D eigenvalue weighted by molar-refractivity contribution is 0.475. The Balaban J connectivity index is 2.15. The van der Waals surface area contributed by atoms with Gasteiger partial charge < -0.3 is 10.4 Å². The van der Waals surface area contributed by atoms with Crippen LogP contribution in [0.4, 0.5) is 0 Å². The standard InChI is InChI=1S/C13H16N2OS/c1-9(14-2)7-12-8-15-13(17-12)10-3-5-11(16)6-4-10/h3-6,8-9,14,16H,7H2,1-2H3. The number of nitrogens with zero attached hydrogens (tertiary/aromatic N) is 1. The molecule has 1 atom stereocenters. The van der Waals surface area contributed by atoms with Crippen LogP contribution in [0.1, 0.15) is 11.8 Å². The number of phenols is 1. The number of hydrogen-bond donors (Lipinski definition) is 2. The Hall–Kier alpha value is -1.39. The molecule has 2 N–H and O–H groups in total. The molecule has 3 nitrogen and oxygen atoms in total. The van der Waals surface area contributed by atoms with Crippen molar-refractivity contribution in [2.24, 2.45) is 0 Å². The molecule has 4 heteroatoms. The molecule has 0 aliphatic heterocycles. The summed E-state index contributed by atoms with van der Waals surface area (Å²) >= 11 is 1.70. The van der Waals surface area contributed by atoms with Gasteiger partial charge in [-0.05, 0) is 44.7 Å². The highest BCUT2D eigenvalue weighted by Gasteiger charge is 2.07. The highest BCUT2D eigenvalue weighted by molar-refractivity contribution is 7.15. The first-order valence-corrected chi connectivity index (χ1v) is 6.42. The van der Waals surface area contributed by atoms with Crippen LogP contribution in [0.3, 0.4) is 0 Å². The van der Waals surface area contributed by atoms with E-state index in [1.165, 1.54) is 4.88 Å². The van der Waals surface area contributed by atoms with E-state index in [0.717, 1.165) is 17.0 Å². The van der Waals surface area contributed by atoms with Gasteiger partial charge in [-0.3, -0.25) is 0 Å². The number of thiazole rings is 1. The van der Waals surface area contributed by atoms with Gasteiger partial charge in [0, 0.05) is 22.7 Å². The van der Waals surface area contributed by atoms with Gasteiger partial charge in [-0.15, -0.1) is 11.3 Å². The fourth-order valence-corrected chi connectivity index (χ4v) is 2.59. The van der Waals surface area contributed by atoms with E-state index in [2.05, 4.69) is 17.2 Å². The molecule has 0 fully saturated rings.